The summed E-state index contributed by atoms with van der Waals surface area (Å²) in [6.07, 6.45) is 0. The van der Waals surface area contributed by atoms with Crippen LogP contribution < -0.4 is 5.14 Å². The predicted octanol–water partition coefficient (Wildman–Crippen LogP) is 0.685. The molecule has 1 aromatic carbocycles. The molecule has 2 N–H and O–H groups in total. The number of halogens is 2. The van der Waals surface area contributed by atoms with Crippen LogP contribution in [0, 0.1) is 11.6 Å². The fraction of sp³-hybridized carbons (Fsp3) is 0.143. The zero-order chi connectivity index (χ0) is 10.8. The Morgan fingerprint density at radius 2 is 2.00 bits per heavy atom. The Hall–Kier alpha value is -1.05. The van der Waals surface area contributed by atoms with Crippen molar-refractivity contribution < 1.29 is 21.4 Å². The van der Waals surface area contributed by atoms with Crippen molar-refractivity contribution in [3.8, 4) is 0 Å². The second-order valence-corrected chi connectivity index (χ2v) is 3.71. The first-order chi connectivity index (χ1) is 6.38. The molecule has 0 aliphatic carbocycles. The molecule has 0 amide bonds. The average molecular weight is 223 g/mol. The summed E-state index contributed by atoms with van der Waals surface area (Å²) in [6, 6.07) is 2.62. The van der Waals surface area contributed by atoms with E-state index in [-0.39, 0.29) is 5.56 Å². The van der Waals surface area contributed by atoms with Gasteiger partial charge in [-0.15, -0.1) is 0 Å². The number of hydrogen-bond acceptors (Lipinski definition) is 3. The molecular formula is C7H7F2NO3S. The summed E-state index contributed by atoms with van der Waals surface area (Å²) in [4.78, 5) is 0. The maximum Gasteiger partial charge on any atom is 0.333 e. The van der Waals surface area contributed by atoms with Gasteiger partial charge in [-0.2, -0.15) is 8.42 Å². The van der Waals surface area contributed by atoms with Gasteiger partial charge in [0.25, 0.3) is 0 Å². The van der Waals surface area contributed by atoms with Gasteiger partial charge >= 0.3 is 10.3 Å². The van der Waals surface area contributed by atoms with Crippen LogP contribution in [-0.4, -0.2) is 8.42 Å². The number of hydrogen-bond donors (Lipinski definition) is 1. The van der Waals surface area contributed by atoms with Gasteiger partial charge in [-0.3, -0.25) is 4.18 Å². The van der Waals surface area contributed by atoms with Crippen LogP contribution in [0.3, 0.4) is 0 Å². The fourth-order valence-electron chi connectivity index (χ4n) is 0.800. The first-order valence-electron chi connectivity index (χ1n) is 3.49. The third-order valence-corrected chi connectivity index (χ3v) is 1.83. The van der Waals surface area contributed by atoms with Crippen molar-refractivity contribution in [2.75, 3.05) is 0 Å². The Balaban J connectivity index is 2.81. The molecule has 0 aliphatic rings. The van der Waals surface area contributed by atoms with E-state index in [9.17, 15) is 17.2 Å². The van der Waals surface area contributed by atoms with E-state index in [1.807, 2.05) is 0 Å². The first-order valence-corrected chi connectivity index (χ1v) is 4.97. The van der Waals surface area contributed by atoms with E-state index < -0.39 is 28.5 Å². The number of rotatable bonds is 3. The molecule has 7 heteroatoms. The van der Waals surface area contributed by atoms with Crippen LogP contribution in [0.5, 0.6) is 0 Å². The molecule has 0 spiro atoms. The van der Waals surface area contributed by atoms with E-state index in [0.29, 0.717) is 0 Å². The quantitative estimate of drug-likeness (QED) is 0.819. The van der Waals surface area contributed by atoms with Crippen molar-refractivity contribution >= 4 is 10.3 Å². The summed E-state index contributed by atoms with van der Waals surface area (Å²) in [7, 11) is -4.14. The highest BCUT2D eigenvalue weighted by atomic mass is 32.2. The lowest BCUT2D eigenvalue weighted by molar-refractivity contribution is 0.302. The Labute approximate surface area is 79.6 Å². The largest absolute Gasteiger partial charge is 0.333 e. The SMILES string of the molecule is NS(=O)(=O)OCc1cc(F)ccc1F. The van der Waals surface area contributed by atoms with Gasteiger partial charge in [0.15, 0.2) is 0 Å². The van der Waals surface area contributed by atoms with Crippen molar-refractivity contribution in [3.05, 3.63) is 35.4 Å². The van der Waals surface area contributed by atoms with Gasteiger partial charge < -0.3 is 0 Å². The summed E-state index contributed by atoms with van der Waals surface area (Å²) >= 11 is 0. The first kappa shape index (κ1) is 11.0. The lowest BCUT2D eigenvalue weighted by atomic mass is 10.2. The van der Waals surface area contributed by atoms with E-state index in [1.165, 1.54) is 0 Å². The minimum atomic E-state index is -4.14. The van der Waals surface area contributed by atoms with E-state index >= 15 is 0 Å². The molecule has 0 radical (unpaired) electrons. The van der Waals surface area contributed by atoms with Crippen LogP contribution in [0.4, 0.5) is 8.78 Å². The molecule has 78 valence electrons. The molecular weight excluding hydrogens is 216 g/mol. The Bertz CT molecular complexity index is 433. The van der Waals surface area contributed by atoms with Crippen molar-refractivity contribution in [2.24, 2.45) is 5.14 Å². The molecule has 0 saturated heterocycles. The van der Waals surface area contributed by atoms with Gasteiger partial charge in [0, 0.05) is 5.56 Å². The Morgan fingerprint density at radius 3 is 2.57 bits per heavy atom. The molecule has 0 bridgehead atoms. The summed E-state index contributed by atoms with van der Waals surface area (Å²) in [5.74, 6) is -1.44. The maximum absolute atomic E-state index is 12.9. The van der Waals surface area contributed by atoms with Gasteiger partial charge in [0.1, 0.15) is 11.6 Å². The highest BCUT2D eigenvalue weighted by Crippen LogP contribution is 2.11. The van der Waals surface area contributed by atoms with E-state index in [2.05, 4.69) is 9.32 Å². The van der Waals surface area contributed by atoms with Gasteiger partial charge in [0.05, 0.1) is 6.61 Å². The zero-order valence-electron chi connectivity index (χ0n) is 6.91. The van der Waals surface area contributed by atoms with Gasteiger partial charge in [-0.05, 0) is 18.2 Å². The molecule has 14 heavy (non-hydrogen) atoms. The van der Waals surface area contributed by atoms with Gasteiger partial charge in [-0.25, -0.2) is 13.9 Å². The second kappa shape index (κ2) is 3.99. The minimum Gasteiger partial charge on any atom is -0.253 e. The number of nitrogens with two attached hydrogens (primary N) is 1. The average Bonchev–Trinajstić information content (AvgIpc) is 2.05. The third-order valence-electron chi connectivity index (χ3n) is 1.39. The molecule has 4 nitrogen and oxygen atoms in total. The maximum atomic E-state index is 12.9. The molecule has 0 heterocycles. The van der Waals surface area contributed by atoms with Crippen LogP contribution in [0.2, 0.25) is 0 Å². The van der Waals surface area contributed by atoms with E-state index in [4.69, 9.17) is 0 Å². The Kier molecular flexibility index (Phi) is 3.14. The highest BCUT2D eigenvalue weighted by Gasteiger charge is 2.08. The molecule has 0 unspecified atom stereocenters. The molecule has 0 fully saturated rings. The normalized spacial score (nSPS) is 11.6. The monoisotopic (exact) mass is 223 g/mol. The van der Waals surface area contributed by atoms with E-state index in [0.717, 1.165) is 18.2 Å². The van der Waals surface area contributed by atoms with E-state index in [1.54, 1.807) is 0 Å². The zero-order valence-corrected chi connectivity index (χ0v) is 7.72. The molecule has 1 aromatic rings. The molecule has 0 saturated carbocycles. The summed E-state index contributed by atoms with van der Waals surface area (Å²) < 4.78 is 50.2. The summed E-state index contributed by atoms with van der Waals surface area (Å²) in [5.41, 5.74) is -0.209. The van der Waals surface area contributed by atoms with Crippen LogP contribution >= 0.6 is 0 Å². The fourth-order valence-corrected chi connectivity index (χ4v) is 1.09. The molecule has 1 rings (SSSR count). The van der Waals surface area contributed by atoms with Gasteiger partial charge in [-0.1, -0.05) is 0 Å². The number of benzene rings is 1. The lowest BCUT2D eigenvalue weighted by Crippen LogP contribution is -2.16. The van der Waals surface area contributed by atoms with Crippen molar-refractivity contribution in [1.82, 2.24) is 0 Å². The third kappa shape index (κ3) is 3.36. The highest BCUT2D eigenvalue weighted by molar-refractivity contribution is 7.84. The van der Waals surface area contributed by atoms with Crippen LogP contribution in [0.15, 0.2) is 18.2 Å². The summed E-state index contributed by atoms with van der Waals surface area (Å²) in [6.45, 7) is -0.623. The predicted molar refractivity (Wildman–Crippen MR) is 44.3 cm³/mol. The topological polar surface area (TPSA) is 69.4 Å². The molecule has 0 atom stereocenters. The Morgan fingerprint density at radius 1 is 1.36 bits per heavy atom. The van der Waals surface area contributed by atoms with Crippen LogP contribution in [0.1, 0.15) is 5.56 Å². The van der Waals surface area contributed by atoms with Crippen LogP contribution in [0.25, 0.3) is 0 Å². The standard InChI is InChI=1S/C7H7F2NO3S/c8-6-1-2-7(9)5(3-6)4-13-14(10,11)12/h1-3H,4H2,(H2,10,11,12). The van der Waals surface area contributed by atoms with Gasteiger partial charge in [0.2, 0.25) is 0 Å². The molecule has 0 aliphatic heterocycles. The van der Waals surface area contributed by atoms with Crippen molar-refractivity contribution in [1.29, 1.82) is 0 Å². The van der Waals surface area contributed by atoms with Crippen LogP contribution in [-0.2, 0) is 21.1 Å². The minimum absolute atomic E-state index is 0.209. The molecule has 0 aromatic heterocycles. The summed E-state index contributed by atoms with van der Waals surface area (Å²) in [5, 5.41) is 4.51. The lowest BCUT2D eigenvalue weighted by Gasteiger charge is -2.02. The van der Waals surface area contributed by atoms with Crippen molar-refractivity contribution in [2.45, 2.75) is 6.61 Å². The smallest absolute Gasteiger partial charge is 0.253 e. The second-order valence-electron chi connectivity index (χ2n) is 2.49. The van der Waals surface area contributed by atoms with Crippen molar-refractivity contribution in [3.63, 3.8) is 0 Å².